The number of rotatable bonds is 9. The summed E-state index contributed by atoms with van der Waals surface area (Å²) in [6.07, 6.45) is 3.08. The van der Waals surface area contributed by atoms with E-state index in [1.54, 1.807) is 16.2 Å². The molecule has 1 saturated heterocycles. The standard InChI is InChI=1S/C31H41N5O3S/c1-19(2)16-23(21-9-11-22(12-10-21)25-20(3)33-18-40-25)34-27(37)24-8-7-15-36(24)28(38)26(30(4,5)6)35-29(39)31(17-32)13-14-31/h9-12,18-19,23-24,26H,7-8,13-16H2,1-6H3,(H,34,37)(H,35,39). The molecule has 8 nitrogen and oxygen atoms in total. The highest BCUT2D eigenvalue weighted by atomic mass is 32.1. The van der Waals surface area contributed by atoms with Gasteiger partial charge in [-0.3, -0.25) is 14.4 Å². The van der Waals surface area contributed by atoms with E-state index < -0.39 is 28.8 Å². The average Bonchev–Trinajstić information content (AvgIpc) is 3.33. The van der Waals surface area contributed by atoms with Crippen molar-refractivity contribution < 1.29 is 14.4 Å². The third-order valence-electron chi connectivity index (χ3n) is 7.97. The van der Waals surface area contributed by atoms with Gasteiger partial charge in [-0.15, -0.1) is 11.3 Å². The summed E-state index contributed by atoms with van der Waals surface area (Å²) in [6.45, 7) is 12.4. The normalized spacial score (nSPS) is 19.6. The Morgan fingerprint density at radius 1 is 1.18 bits per heavy atom. The summed E-state index contributed by atoms with van der Waals surface area (Å²) in [5.74, 6) is -0.478. The van der Waals surface area contributed by atoms with Gasteiger partial charge in [0, 0.05) is 6.54 Å². The van der Waals surface area contributed by atoms with E-state index in [0.29, 0.717) is 38.1 Å². The molecule has 1 aromatic carbocycles. The molecule has 3 atom stereocenters. The van der Waals surface area contributed by atoms with Gasteiger partial charge in [0.1, 0.15) is 17.5 Å². The Hall–Kier alpha value is -3.25. The van der Waals surface area contributed by atoms with E-state index in [2.05, 4.69) is 59.8 Å². The Labute approximate surface area is 241 Å². The number of thiazole rings is 1. The van der Waals surface area contributed by atoms with Crippen molar-refractivity contribution in [1.29, 1.82) is 5.26 Å². The quantitative estimate of drug-likeness (QED) is 0.438. The van der Waals surface area contributed by atoms with Crippen LogP contribution in [0.1, 0.15) is 84.0 Å². The van der Waals surface area contributed by atoms with Crippen LogP contribution in [-0.4, -0.2) is 46.2 Å². The van der Waals surface area contributed by atoms with Crippen molar-refractivity contribution >= 4 is 29.1 Å². The molecule has 0 spiro atoms. The van der Waals surface area contributed by atoms with Crippen molar-refractivity contribution in [2.45, 2.75) is 91.8 Å². The van der Waals surface area contributed by atoms with Crippen LogP contribution in [0.25, 0.3) is 10.4 Å². The number of amides is 3. The van der Waals surface area contributed by atoms with E-state index in [0.717, 1.165) is 28.1 Å². The number of carbonyl (C=O) groups is 3. The number of nitrogens with zero attached hydrogens (tertiary/aromatic N) is 3. The number of nitrogens with one attached hydrogen (secondary N) is 2. The maximum atomic E-state index is 13.8. The molecule has 9 heteroatoms. The SMILES string of the molecule is Cc1ncsc1-c1ccc(C(CC(C)C)NC(=O)C2CCCN2C(=O)C(NC(=O)C2(C#N)CC2)C(C)(C)C)cc1. The molecule has 1 aliphatic heterocycles. The van der Waals surface area contributed by atoms with Gasteiger partial charge in [-0.1, -0.05) is 58.9 Å². The molecule has 1 saturated carbocycles. The second-order valence-electron chi connectivity index (χ2n) is 12.7. The summed E-state index contributed by atoms with van der Waals surface area (Å²) in [6, 6.07) is 8.76. The number of nitriles is 1. The van der Waals surface area contributed by atoms with Crippen LogP contribution in [0, 0.1) is 35.0 Å². The van der Waals surface area contributed by atoms with E-state index in [9.17, 15) is 19.6 Å². The first-order valence-corrected chi connectivity index (χ1v) is 15.1. The fourth-order valence-corrected chi connectivity index (χ4v) is 6.18. The average molecular weight is 564 g/mol. The topological polar surface area (TPSA) is 115 Å². The van der Waals surface area contributed by atoms with Gasteiger partial charge in [-0.25, -0.2) is 4.98 Å². The number of carbonyl (C=O) groups excluding carboxylic acids is 3. The largest absolute Gasteiger partial charge is 0.347 e. The smallest absolute Gasteiger partial charge is 0.246 e. The number of hydrogen-bond donors (Lipinski definition) is 2. The van der Waals surface area contributed by atoms with E-state index in [4.69, 9.17) is 0 Å². The molecule has 214 valence electrons. The van der Waals surface area contributed by atoms with Gasteiger partial charge >= 0.3 is 0 Å². The van der Waals surface area contributed by atoms with Gasteiger partial charge in [0.25, 0.3) is 0 Å². The van der Waals surface area contributed by atoms with Crippen LogP contribution in [0.2, 0.25) is 0 Å². The Morgan fingerprint density at radius 3 is 2.38 bits per heavy atom. The van der Waals surface area contributed by atoms with E-state index in [-0.39, 0.29) is 17.9 Å². The molecule has 3 amide bonds. The van der Waals surface area contributed by atoms with Gasteiger partial charge in [-0.2, -0.15) is 5.26 Å². The molecule has 2 aliphatic rings. The maximum absolute atomic E-state index is 13.8. The lowest BCUT2D eigenvalue weighted by molar-refractivity contribution is -0.144. The minimum atomic E-state index is -1.02. The first kappa shape index (κ1) is 29.7. The van der Waals surface area contributed by atoms with Gasteiger partial charge in [0.2, 0.25) is 17.7 Å². The lowest BCUT2D eigenvalue weighted by Crippen LogP contribution is -2.58. The van der Waals surface area contributed by atoms with Crippen LogP contribution in [0.3, 0.4) is 0 Å². The zero-order valence-corrected chi connectivity index (χ0v) is 25.2. The minimum absolute atomic E-state index is 0.173. The van der Waals surface area contributed by atoms with Gasteiger partial charge < -0.3 is 15.5 Å². The summed E-state index contributed by atoms with van der Waals surface area (Å²) in [7, 11) is 0. The van der Waals surface area contributed by atoms with Gasteiger partial charge in [0.15, 0.2) is 0 Å². The molecule has 2 N–H and O–H groups in total. The van der Waals surface area contributed by atoms with Crippen LogP contribution in [0.15, 0.2) is 29.8 Å². The maximum Gasteiger partial charge on any atom is 0.246 e. The molecule has 1 aromatic heterocycles. The van der Waals surface area contributed by atoms with Gasteiger partial charge in [0.05, 0.1) is 28.2 Å². The first-order valence-electron chi connectivity index (χ1n) is 14.2. The fourth-order valence-electron chi connectivity index (χ4n) is 5.36. The second-order valence-corrected chi connectivity index (χ2v) is 13.6. The van der Waals surface area contributed by atoms with Crippen LogP contribution in [-0.2, 0) is 14.4 Å². The molecule has 40 heavy (non-hydrogen) atoms. The van der Waals surface area contributed by atoms with E-state index in [1.165, 1.54) is 0 Å². The molecule has 2 aromatic rings. The van der Waals surface area contributed by atoms with E-state index in [1.807, 2.05) is 33.2 Å². The molecule has 4 rings (SSSR count). The summed E-state index contributed by atoms with van der Waals surface area (Å²) in [4.78, 5) is 47.5. The zero-order valence-electron chi connectivity index (χ0n) is 24.4. The van der Waals surface area contributed by atoms with Crippen LogP contribution in [0.4, 0.5) is 0 Å². The van der Waals surface area contributed by atoms with Crippen LogP contribution >= 0.6 is 11.3 Å². The molecule has 1 aliphatic carbocycles. The number of likely N-dealkylation sites (tertiary alicyclic amines) is 1. The van der Waals surface area contributed by atoms with Crippen molar-refractivity contribution in [1.82, 2.24) is 20.5 Å². The van der Waals surface area contributed by atoms with Crippen molar-refractivity contribution in [2.75, 3.05) is 6.54 Å². The molecule has 2 heterocycles. The first-order chi connectivity index (χ1) is 18.9. The second kappa shape index (κ2) is 11.7. The highest BCUT2D eigenvalue weighted by molar-refractivity contribution is 7.13. The van der Waals surface area contributed by atoms with Crippen LogP contribution < -0.4 is 10.6 Å². The molecular formula is C31H41N5O3S. The van der Waals surface area contributed by atoms with E-state index >= 15 is 0 Å². The molecule has 2 fully saturated rings. The Bertz CT molecular complexity index is 1280. The van der Waals surface area contributed by atoms with Crippen LogP contribution in [0.5, 0.6) is 0 Å². The third kappa shape index (κ3) is 6.38. The molecular weight excluding hydrogens is 522 g/mol. The Balaban J connectivity index is 1.50. The lowest BCUT2D eigenvalue weighted by atomic mass is 9.85. The molecule has 3 unspecified atom stereocenters. The molecule has 0 radical (unpaired) electrons. The fraction of sp³-hybridized carbons (Fsp3) is 0.581. The minimum Gasteiger partial charge on any atom is -0.347 e. The van der Waals surface area contributed by atoms with Crippen molar-refractivity contribution in [2.24, 2.45) is 16.7 Å². The summed E-state index contributed by atoms with van der Waals surface area (Å²) in [5.41, 5.74) is 3.36. The number of aryl methyl sites for hydroxylation is 1. The summed E-state index contributed by atoms with van der Waals surface area (Å²) < 4.78 is 0. The highest BCUT2D eigenvalue weighted by Gasteiger charge is 2.53. The highest BCUT2D eigenvalue weighted by Crippen LogP contribution is 2.45. The Morgan fingerprint density at radius 2 is 1.85 bits per heavy atom. The predicted octanol–water partition coefficient (Wildman–Crippen LogP) is 5.15. The summed E-state index contributed by atoms with van der Waals surface area (Å²) in [5, 5.41) is 15.6. The number of aromatic nitrogens is 1. The third-order valence-corrected chi connectivity index (χ3v) is 8.95. The lowest BCUT2D eigenvalue weighted by Gasteiger charge is -2.36. The van der Waals surface area contributed by atoms with Crippen molar-refractivity contribution in [3.63, 3.8) is 0 Å². The zero-order chi connectivity index (χ0) is 29.2. The monoisotopic (exact) mass is 563 g/mol. The number of hydrogen-bond acceptors (Lipinski definition) is 6. The van der Waals surface area contributed by atoms with Gasteiger partial charge in [-0.05, 0) is 61.5 Å². The summed E-state index contributed by atoms with van der Waals surface area (Å²) >= 11 is 1.61. The predicted molar refractivity (Wildman–Crippen MR) is 156 cm³/mol. The Kier molecular flexibility index (Phi) is 8.69. The number of benzene rings is 1. The van der Waals surface area contributed by atoms with Crippen molar-refractivity contribution in [3.05, 3.63) is 41.0 Å². The van der Waals surface area contributed by atoms with Crippen molar-refractivity contribution in [3.8, 4) is 16.5 Å². The molecule has 0 bridgehead atoms.